The van der Waals surface area contributed by atoms with Crippen LogP contribution in [0.5, 0.6) is 5.75 Å². The molecule has 0 spiro atoms. The molecule has 2 fully saturated rings. The number of carbonyl (C=O) groups is 5. The number of para-hydroxylation sites is 1. The number of nitrogens with one attached hydrogen (secondary N) is 2. The predicted molar refractivity (Wildman–Crippen MR) is 238 cm³/mol. The van der Waals surface area contributed by atoms with Crippen LogP contribution in [-0.2, 0) is 9.59 Å². The summed E-state index contributed by atoms with van der Waals surface area (Å²) in [6.07, 6.45) is 4.40. The topological polar surface area (TPSA) is 122 Å². The third-order valence-corrected chi connectivity index (χ3v) is 11.6. The Kier molecular flexibility index (Phi) is 12.8. The lowest BCUT2D eigenvalue weighted by Gasteiger charge is -2.25. The van der Waals surface area contributed by atoms with Crippen LogP contribution in [0, 0.1) is 11.6 Å². The minimum absolute atomic E-state index is 0.0227. The number of carbonyl (C=O) groups excluding carboxylic acids is 5. The maximum absolute atomic E-state index is 14.9. The van der Waals surface area contributed by atoms with E-state index in [1.165, 1.54) is 18.2 Å². The number of ether oxygens (including phenoxy) is 1. The van der Waals surface area contributed by atoms with Crippen LogP contribution in [0.2, 0.25) is 0 Å². The summed E-state index contributed by atoms with van der Waals surface area (Å²) >= 11 is 0.827. The molecule has 2 saturated heterocycles. The van der Waals surface area contributed by atoms with Crippen LogP contribution in [0.15, 0.2) is 163 Å². The van der Waals surface area contributed by atoms with E-state index in [0.29, 0.717) is 34.3 Å². The molecule has 9 nitrogen and oxygen atoms in total. The highest BCUT2D eigenvalue weighted by Crippen LogP contribution is 2.38. The Morgan fingerprint density at radius 2 is 1.40 bits per heavy atom. The zero-order valence-electron chi connectivity index (χ0n) is 33.6. The van der Waals surface area contributed by atoms with Crippen molar-refractivity contribution in [3.05, 3.63) is 219 Å². The van der Waals surface area contributed by atoms with Crippen LogP contribution in [0.25, 0.3) is 12.2 Å². The minimum Gasteiger partial charge on any atom is -0.488 e. The molecule has 0 unspecified atom stereocenters. The largest absolute Gasteiger partial charge is 0.488 e. The maximum Gasteiger partial charge on any atom is 0.290 e. The normalized spacial score (nSPS) is 16.7. The Hall–Kier alpha value is -7.44. The fourth-order valence-electron chi connectivity index (χ4n) is 7.82. The standard InChI is InChI=1S/C51H39F2N3O6S/c52-36-24-25-41(43(53)28-36)48(58)39-15-7-8-16-40(39)50(60)56-31-38(62-44-18-10-9-17-42(44)47(34-11-3-1-4-12-34)35-13-5-2-6-14-35)29-37(56)30-54-46(57)26-23-32-19-21-33(22-20-32)27-45-49(59)55-51(61)63-45/h1-28,37-38,47H,29-31H2,(H,54,57)(H,55,59,61)/b26-23+,45-27-/t37-,38+/m0/s1. The number of ketones is 1. The van der Waals surface area contributed by atoms with Gasteiger partial charge in [0.05, 0.1) is 28.6 Å². The second kappa shape index (κ2) is 19.1. The average Bonchev–Trinajstić information content (AvgIpc) is 3.86. The minimum atomic E-state index is -1.04. The van der Waals surface area contributed by atoms with Gasteiger partial charge in [0.15, 0.2) is 5.78 Å². The molecule has 2 atom stereocenters. The molecule has 2 heterocycles. The second-order valence-corrected chi connectivity index (χ2v) is 16.0. The molecular weight excluding hydrogens is 821 g/mol. The monoisotopic (exact) mass is 859 g/mol. The molecule has 6 aromatic carbocycles. The summed E-state index contributed by atoms with van der Waals surface area (Å²) in [6.45, 7) is 0.149. The molecular formula is C51H39F2N3O6S. The highest BCUT2D eigenvalue weighted by Gasteiger charge is 2.39. The van der Waals surface area contributed by atoms with E-state index in [1.807, 2.05) is 60.7 Å². The van der Waals surface area contributed by atoms with Crippen molar-refractivity contribution in [2.24, 2.45) is 0 Å². The first-order valence-corrected chi connectivity index (χ1v) is 21.0. The Labute approximate surface area is 366 Å². The summed E-state index contributed by atoms with van der Waals surface area (Å²) in [4.78, 5) is 66.9. The lowest BCUT2D eigenvalue weighted by atomic mass is 9.84. The number of halogens is 2. The van der Waals surface area contributed by atoms with Crippen molar-refractivity contribution in [3.8, 4) is 5.75 Å². The van der Waals surface area contributed by atoms with E-state index < -0.39 is 52.5 Å². The number of nitrogens with zero attached hydrogens (tertiary/aromatic N) is 1. The summed E-state index contributed by atoms with van der Waals surface area (Å²) in [7, 11) is 0. The molecule has 6 aromatic rings. The van der Waals surface area contributed by atoms with Crippen molar-refractivity contribution in [2.45, 2.75) is 24.5 Å². The smallest absolute Gasteiger partial charge is 0.290 e. The lowest BCUT2D eigenvalue weighted by Crippen LogP contribution is -2.43. The number of likely N-dealkylation sites (tertiary alicyclic amines) is 1. The Balaban J connectivity index is 1.04. The van der Waals surface area contributed by atoms with Crippen LogP contribution in [0.1, 0.15) is 66.4 Å². The molecule has 314 valence electrons. The summed E-state index contributed by atoms with van der Waals surface area (Å²) < 4.78 is 35.5. The van der Waals surface area contributed by atoms with Gasteiger partial charge in [-0.1, -0.05) is 121 Å². The molecule has 0 bridgehead atoms. The Morgan fingerprint density at radius 3 is 2.06 bits per heavy atom. The van der Waals surface area contributed by atoms with E-state index in [1.54, 1.807) is 53.5 Å². The molecule has 0 radical (unpaired) electrons. The summed E-state index contributed by atoms with van der Waals surface area (Å²) in [5.41, 5.74) is 4.07. The number of hydrogen-bond acceptors (Lipinski definition) is 7. The van der Waals surface area contributed by atoms with E-state index in [-0.39, 0.29) is 35.7 Å². The Morgan fingerprint density at radius 1 is 0.762 bits per heavy atom. The third kappa shape index (κ3) is 9.87. The zero-order valence-corrected chi connectivity index (χ0v) is 34.4. The molecule has 0 saturated carbocycles. The van der Waals surface area contributed by atoms with Crippen LogP contribution in [-0.4, -0.2) is 58.9 Å². The van der Waals surface area contributed by atoms with Crippen LogP contribution < -0.4 is 15.4 Å². The van der Waals surface area contributed by atoms with Gasteiger partial charge in [-0.3, -0.25) is 29.3 Å². The van der Waals surface area contributed by atoms with Gasteiger partial charge in [0.25, 0.3) is 17.1 Å². The molecule has 0 aliphatic carbocycles. The van der Waals surface area contributed by atoms with Gasteiger partial charge in [0.2, 0.25) is 5.91 Å². The van der Waals surface area contributed by atoms with Crippen molar-refractivity contribution < 1.29 is 37.5 Å². The van der Waals surface area contributed by atoms with Crippen molar-refractivity contribution in [2.75, 3.05) is 13.1 Å². The number of rotatable bonds is 13. The lowest BCUT2D eigenvalue weighted by molar-refractivity contribution is -0.117. The van der Waals surface area contributed by atoms with Gasteiger partial charge in [-0.2, -0.15) is 0 Å². The molecule has 2 aliphatic rings. The predicted octanol–water partition coefficient (Wildman–Crippen LogP) is 9.19. The van der Waals surface area contributed by atoms with Gasteiger partial charge in [-0.15, -0.1) is 0 Å². The van der Waals surface area contributed by atoms with Crippen LogP contribution >= 0.6 is 11.8 Å². The first kappa shape index (κ1) is 42.3. The van der Waals surface area contributed by atoms with Gasteiger partial charge in [0.1, 0.15) is 23.5 Å². The quantitative estimate of drug-likeness (QED) is 0.0675. The fraction of sp³-hybridized carbons (Fsp3) is 0.118. The SMILES string of the molecule is O=C(/C=C/c1ccc(/C=C2\SC(=O)NC2=O)cc1)NC[C@@H]1C[C@@H](Oc2ccccc2C(c2ccccc2)c2ccccc2)CN1C(=O)c1ccccc1C(=O)c1ccc(F)cc1F. The van der Waals surface area contributed by atoms with Crippen LogP contribution in [0.4, 0.5) is 13.6 Å². The van der Waals surface area contributed by atoms with E-state index in [4.69, 9.17) is 4.74 Å². The van der Waals surface area contributed by atoms with E-state index in [0.717, 1.165) is 40.6 Å². The highest BCUT2D eigenvalue weighted by atomic mass is 32.2. The number of benzene rings is 6. The van der Waals surface area contributed by atoms with E-state index in [9.17, 15) is 32.8 Å². The first-order chi connectivity index (χ1) is 30.6. The van der Waals surface area contributed by atoms with Gasteiger partial charge >= 0.3 is 0 Å². The average molecular weight is 860 g/mol. The maximum atomic E-state index is 14.9. The molecule has 2 N–H and O–H groups in total. The van der Waals surface area contributed by atoms with Crippen molar-refractivity contribution in [3.63, 3.8) is 0 Å². The van der Waals surface area contributed by atoms with Gasteiger partial charge in [-0.05, 0) is 70.4 Å². The molecule has 0 aromatic heterocycles. The molecule has 63 heavy (non-hydrogen) atoms. The molecule has 8 rings (SSSR count). The fourth-order valence-corrected chi connectivity index (χ4v) is 8.50. The third-order valence-electron chi connectivity index (χ3n) is 10.8. The highest BCUT2D eigenvalue weighted by molar-refractivity contribution is 8.18. The van der Waals surface area contributed by atoms with Crippen LogP contribution in [0.3, 0.4) is 0 Å². The van der Waals surface area contributed by atoms with Crippen molar-refractivity contribution in [1.29, 1.82) is 0 Å². The summed E-state index contributed by atoms with van der Waals surface area (Å²) in [5.74, 6) is -3.58. The van der Waals surface area contributed by atoms with Gasteiger partial charge < -0.3 is 15.0 Å². The first-order valence-electron chi connectivity index (χ1n) is 20.2. The van der Waals surface area contributed by atoms with E-state index in [2.05, 4.69) is 34.9 Å². The van der Waals surface area contributed by atoms with Crippen molar-refractivity contribution in [1.82, 2.24) is 15.5 Å². The Bertz CT molecular complexity index is 2720. The summed E-state index contributed by atoms with van der Waals surface area (Å²) in [6, 6.07) is 43.2. The summed E-state index contributed by atoms with van der Waals surface area (Å²) in [5, 5.41) is 4.71. The van der Waals surface area contributed by atoms with Gasteiger partial charge in [-0.25, -0.2) is 8.78 Å². The molecule has 4 amide bonds. The second-order valence-electron chi connectivity index (χ2n) is 15.0. The van der Waals surface area contributed by atoms with E-state index >= 15 is 0 Å². The number of imide groups is 1. The number of amides is 4. The molecule has 2 aliphatic heterocycles. The molecule has 12 heteroatoms. The zero-order chi connectivity index (χ0) is 43.9. The van der Waals surface area contributed by atoms with Gasteiger partial charge in [0, 0.05) is 42.2 Å². The number of hydrogen-bond donors (Lipinski definition) is 2. The van der Waals surface area contributed by atoms with Crippen molar-refractivity contribution >= 4 is 52.7 Å². The number of thioether (sulfide) groups is 1.